The molecule has 0 N–H and O–H groups in total. The molecule has 0 atom stereocenters. The molecule has 1 aromatic carbocycles. The number of hydrogen-bond acceptors (Lipinski definition) is 5. The van der Waals surface area contributed by atoms with Crippen LogP contribution in [0.3, 0.4) is 0 Å². The third-order valence-corrected chi connectivity index (χ3v) is 5.30. The van der Waals surface area contributed by atoms with E-state index in [0.29, 0.717) is 5.76 Å². The first-order valence-corrected chi connectivity index (χ1v) is 9.12. The second-order valence-corrected chi connectivity index (χ2v) is 7.22. The van der Waals surface area contributed by atoms with Crippen LogP contribution in [0.25, 0.3) is 0 Å². The highest BCUT2D eigenvalue weighted by Gasteiger charge is 2.26. The molecule has 0 aliphatic heterocycles. The lowest BCUT2D eigenvalue weighted by molar-refractivity contribution is -0.143. The van der Waals surface area contributed by atoms with Gasteiger partial charge >= 0.3 is 5.97 Å². The second kappa shape index (κ2) is 8.12. The van der Waals surface area contributed by atoms with Crippen LogP contribution in [-0.4, -0.2) is 31.8 Å². The van der Waals surface area contributed by atoms with E-state index in [1.807, 2.05) is 6.92 Å². The molecule has 130 valence electrons. The number of nitrogens with zero attached hydrogens (tertiary/aromatic N) is 1. The zero-order chi connectivity index (χ0) is 17.6. The van der Waals surface area contributed by atoms with Gasteiger partial charge in [0.1, 0.15) is 5.76 Å². The van der Waals surface area contributed by atoms with E-state index in [-0.39, 0.29) is 31.0 Å². The quantitative estimate of drug-likeness (QED) is 0.684. The fourth-order valence-electron chi connectivity index (χ4n) is 2.17. The Bertz CT molecular complexity index is 751. The molecular formula is C17H21NO5S. The van der Waals surface area contributed by atoms with Crippen molar-refractivity contribution in [2.24, 2.45) is 0 Å². The van der Waals surface area contributed by atoms with Gasteiger partial charge in [0.2, 0.25) is 10.0 Å². The zero-order valence-electron chi connectivity index (χ0n) is 13.8. The average molecular weight is 351 g/mol. The molecule has 24 heavy (non-hydrogen) atoms. The first-order valence-electron chi connectivity index (χ1n) is 7.68. The van der Waals surface area contributed by atoms with Crippen molar-refractivity contribution < 1.29 is 22.4 Å². The molecule has 0 radical (unpaired) electrons. The topological polar surface area (TPSA) is 76.8 Å². The van der Waals surface area contributed by atoms with Gasteiger partial charge in [-0.2, -0.15) is 4.31 Å². The van der Waals surface area contributed by atoms with E-state index < -0.39 is 16.0 Å². The molecule has 2 rings (SSSR count). The Morgan fingerprint density at radius 1 is 1.21 bits per heavy atom. The minimum Gasteiger partial charge on any atom is -0.468 e. The summed E-state index contributed by atoms with van der Waals surface area (Å²) < 4.78 is 37.1. The molecule has 0 unspecified atom stereocenters. The van der Waals surface area contributed by atoms with E-state index in [1.165, 1.54) is 10.6 Å². The summed E-state index contributed by atoms with van der Waals surface area (Å²) >= 11 is 0. The third-order valence-electron chi connectivity index (χ3n) is 3.44. The second-order valence-electron chi connectivity index (χ2n) is 5.29. The van der Waals surface area contributed by atoms with Gasteiger partial charge in [-0.05, 0) is 38.1 Å². The highest BCUT2D eigenvalue weighted by Crippen LogP contribution is 2.19. The molecule has 0 bridgehead atoms. The first kappa shape index (κ1) is 18.2. The summed E-state index contributed by atoms with van der Waals surface area (Å²) in [5.41, 5.74) is 0.970. The number of ether oxygens (including phenoxy) is 1. The number of esters is 1. The van der Waals surface area contributed by atoms with Crippen molar-refractivity contribution in [2.45, 2.75) is 31.7 Å². The molecule has 0 aliphatic carbocycles. The summed E-state index contributed by atoms with van der Waals surface area (Å²) in [6, 6.07) is 9.99. The van der Waals surface area contributed by atoms with Crippen LogP contribution in [0.1, 0.15) is 24.7 Å². The Labute approximate surface area is 142 Å². The van der Waals surface area contributed by atoms with Gasteiger partial charge in [-0.1, -0.05) is 17.7 Å². The fraction of sp³-hybridized carbons (Fsp3) is 0.353. The number of furan rings is 1. The number of aryl methyl sites for hydroxylation is 1. The van der Waals surface area contributed by atoms with E-state index in [1.54, 1.807) is 43.3 Å². The van der Waals surface area contributed by atoms with Crippen LogP contribution in [0.4, 0.5) is 0 Å². The number of benzene rings is 1. The van der Waals surface area contributed by atoms with Crippen LogP contribution in [0.15, 0.2) is 52.0 Å². The summed E-state index contributed by atoms with van der Waals surface area (Å²) in [4.78, 5) is 11.8. The van der Waals surface area contributed by atoms with Crippen LogP contribution in [0.5, 0.6) is 0 Å². The average Bonchev–Trinajstić information content (AvgIpc) is 3.05. The molecule has 0 saturated carbocycles. The van der Waals surface area contributed by atoms with Gasteiger partial charge in [0.05, 0.1) is 30.7 Å². The van der Waals surface area contributed by atoms with Crippen LogP contribution < -0.4 is 0 Å². The maximum absolute atomic E-state index is 12.9. The Morgan fingerprint density at radius 2 is 1.92 bits per heavy atom. The summed E-state index contributed by atoms with van der Waals surface area (Å²) in [7, 11) is -3.74. The van der Waals surface area contributed by atoms with Crippen molar-refractivity contribution in [3.63, 3.8) is 0 Å². The summed E-state index contributed by atoms with van der Waals surface area (Å²) in [5.74, 6) is 0.0793. The predicted molar refractivity (Wildman–Crippen MR) is 88.7 cm³/mol. The summed E-state index contributed by atoms with van der Waals surface area (Å²) in [6.45, 7) is 3.94. The maximum Gasteiger partial charge on any atom is 0.307 e. The smallest absolute Gasteiger partial charge is 0.307 e. The van der Waals surface area contributed by atoms with Crippen molar-refractivity contribution in [2.75, 3.05) is 13.2 Å². The van der Waals surface area contributed by atoms with E-state index in [2.05, 4.69) is 0 Å². The molecule has 1 heterocycles. The monoisotopic (exact) mass is 351 g/mol. The van der Waals surface area contributed by atoms with Gasteiger partial charge in [0, 0.05) is 6.54 Å². The predicted octanol–water partition coefficient (Wildman–Crippen LogP) is 2.73. The Hall–Kier alpha value is -2.12. The number of carbonyl (C=O) groups excluding carboxylic acids is 1. The number of hydrogen-bond donors (Lipinski definition) is 0. The van der Waals surface area contributed by atoms with Crippen molar-refractivity contribution in [3.05, 3.63) is 54.0 Å². The lowest BCUT2D eigenvalue weighted by Crippen LogP contribution is -2.32. The summed E-state index contributed by atoms with van der Waals surface area (Å²) in [6.07, 6.45) is 1.47. The molecule has 7 heteroatoms. The van der Waals surface area contributed by atoms with E-state index in [9.17, 15) is 13.2 Å². The molecular weight excluding hydrogens is 330 g/mol. The van der Waals surface area contributed by atoms with Crippen LogP contribution >= 0.6 is 0 Å². The van der Waals surface area contributed by atoms with Crippen molar-refractivity contribution >= 4 is 16.0 Å². The lowest BCUT2D eigenvalue weighted by Gasteiger charge is -2.21. The standard InChI is InChI=1S/C17H21NO5S/c1-3-22-17(19)10-11-18(13-15-5-4-12-23-15)24(20,21)16-8-6-14(2)7-9-16/h4-9,12H,3,10-11,13H2,1-2H3. The molecule has 0 amide bonds. The van der Waals surface area contributed by atoms with Crippen molar-refractivity contribution in [1.82, 2.24) is 4.31 Å². The first-order chi connectivity index (χ1) is 11.4. The van der Waals surface area contributed by atoms with Gasteiger partial charge in [0.15, 0.2) is 0 Å². The zero-order valence-corrected chi connectivity index (χ0v) is 14.6. The molecule has 2 aromatic rings. The largest absolute Gasteiger partial charge is 0.468 e. The van der Waals surface area contributed by atoms with Crippen molar-refractivity contribution in [1.29, 1.82) is 0 Å². The van der Waals surface area contributed by atoms with E-state index >= 15 is 0 Å². The normalized spacial score (nSPS) is 11.6. The highest BCUT2D eigenvalue weighted by atomic mass is 32.2. The van der Waals surface area contributed by atoms with Gasteiger partial charge in [-0.25, -0.2) is 8.42 Å². The van der Waals surface area contributed by atoms with E-state index in [4.69, 9.17) is 9.15 Å². The lowest BCUT2D eigenvalue weighted by atomic mass is 10.2. The van der Waals surface area contributed by atoms with Crippen molar-refractivity contribution in [3.8, 4) is 0 Å². The Balaban J connectivity index is 2.22. The molecule has 0 fully saturated rings. The Morgan fingerprint density at radius 3 is 2.50 bits per heavy atom. The van der Waals surface area contributed by atoms with Gasteiger partial charge in [-0.3, -0.25) is 4.79 Å². The van der Waals surface area contributed by atoms with Gasteiger partial charge < -0.3 is 9.15 Å². The number of sulfonamides is 1. The summed E-state index contributed by atoms with van der Waals surface area (Å²) in [5, 5.41) is 0. The minimum absolute atomic E-state index is 0.0142. The third kappa shape index (κ3) is 4.69. The molecule has 0 aliphatic rings. The van der Waals surface area contributed by atoms with Crippen LogP contribution in [0.2, 0.25) is 0 Å². The molecule has 6 nitrogen and oxygen atoms in total. The number of carbonyl (C=O) groups is 1. The SMILES string of the molecule is CCOC(=O)CCN(Cc1ccco1)S(=O)(=O)c1ccc(C)cc1. The number of rotatable bonds is 8. The molecule has 1 aromatic heterocycles. The Kier molecular flexibility index (Phi) is 6.16. The molecule has 0 saturated heterocycles. The minimum atomic E-state index is -3.74. The van der Waals surface area contributed by atoms with Crippen LogP contribution in [-0.2, 0) is 26.1 Å². The van der Waals surface area contributed by atoms with Gasteiger partial charge in [0.25, 0.3) is 0 Å². The van der Waals surface area contributed by atoms with Gasteiger partial charge in [-0.15, -0.1) is 0 Å². The van der Waals surface area contributed by atoms with E-state index in [0.717, 1.165) is 5.56 Å². The highest BCUT2D eigenvalue weighted by molar-refractivity contribution is 7.89. The maximum atomic E-state index is 12.9. The fourth-order valence-corrected chi connectivity index (χ4v) is 3.58. The van der Waals surface area contributed by atoms with Crippen LogP contribution in [0, 0.1) is 6.92 Å². The molecule has 0 spiro atoms.